The fraction of sp³-hybridized carbons (Fsp3) is 0.500. The van der Waals surface area contributed by atoms with Gasteiger partial charge in [0.1, 0.15) is 5.75 Å². The van der Waals surface area contributed by atoms with Gasteiger partial charge in [-0.05, 0) is 25.0 Å². The first-order chi connectivity index (χ1) is 7.33. The molecule has 1 aliphatic heterocycles. The second-order valence-electron chi connectivity index (χ2n) is 3.60. The lowest BCUT2D eigenvalue weighted by molar-refractivity contribution is -0.183. The van der Waals surface area contributed by atoms with E-state index in [1.165, 1.54) is 0 Å². The Hall–Kier alpha value is -1.06. The van der Waals surface area contributed by atoms with E-state index in [-0.39, 0.29) is 6.29 Å². The second-order valence-corrected chi connectivity index (χ2v) is 3.60. The molecule has 1 fully saturated rings. The first kappa shape index (κ1) is 10.5. The van der Waals surface area contributed by atoms with Gasteiger partial charge in [0.2, 0.25) is 0 Å². The summed E-state index contributed by atoms with van der Waals surface area (Å²) >= 11 is 0. The van der Waals surface area contributed by atoms with Crippen molar-refractivity contribution in [3.63, 3.8) is 0 Å². The van der Waals surface area contributed by atoms with E-state index in [1.807, 2.05) is 25.1 Å². The van der Waals surface area contributed by atoms with Gasteiger partial charge >= 0.3 is 0 Å². The summed E-state index contributed by atoms with van der Waals surface area (Å²) < 4.78 is 16.4. The SMILES string of the molecule is COc1cccc(C2OCCCO2)c1C. The molecule has 3 heteroatoms. The molecule has 0 saturated carbocycles. The van der Waals surface area contributed by atoms with E-state index >= 15 is 0 Å². The van der Waals surface area contributed by atoms with Crippen LogP contribution < -0.4 is 4.74 Å². The lowest BCUT2D eigenvalue weighted by atomic mass is 10.1. The van der Waals surface area contributed by atoms with E-state index in [0.717, 1.165) is 36.5 Å². The lowest BCUT2D eigenvalue weighted by Gasteiger charge is -2.25. The zero-order valence-corrected chi connectivity index (χ0v) is 9.16. The molecule has 1 aromatic carbocycles. The predicted octanol–water partition coefficient (Wildman–Crippen LogP) is 2.44. The zero-order chi connectivity index (χ0) is 10.7. The van der Waals surface area contributed by atoms with Crippen molar-refractivity contribution in [3.8, 4) is 5.75 Å². The Labute approximate surface area is 90.0 Å². The normalized spacial score (nSPS) is 17.7. The molecule has 82 valence electrons. The average molecular weight is 208 g/mol. The fourth-order valence-electron chi connectivity index (χ4n) is 1.78. The minimum Gasteiger partial charge on any atom is -0.496 e. The molecule has 1 aliphatic rings. The molecule has 1 heterocycles. The molecule has 1 saturated heterocycles. The van der Waals surface area contributed by atoms with E-state index in [4.69, 9.17) is 14.2 Å². The lowest BCUT2D eigenvalue weighted by Crippen LogP contribution is -2.18. The van der Waals surface area contributed by atoms with E-state index in [0.29, 0.717) is 0 Å². The minimum absolute atomic E-state index is 0.228. The van der Waals surface area contributed by atoms with E-state index in [2.05, 4.69) is 0 Å². The van der Waals surface area contributed by atoms with Crippen molar-refractivity contribution in [1.82, 2.24) is 0 Å². The van der Waals surface area contributed by atoms with Crippen LogP contribution in [0.25, 0.3) is 0 Å². The smallest absolute Gasteiger partial charge is 0.184 e. The van der Waals surface area contributed by atoms with Crippen LogP contribution in [0.2, 0.25) is 0 Å². The largest absolute Gasteiger partial charge is 0.496 e. The molecule has 0 radical (unpaired) electrons. The summed E-state index contributed by atoms with van der Waals surface area (Å²) in [5, 5.41) is 0. The molecule has 15 heavy (non-hydrogen) atoms. The van der Waals surface area contributed by atoms with Crippen LogP contribution in [0.3, 0.4) is 0 Å². The van der Waals surface area contributed by atoms with Crippen LogP contribution in [0.4, 0.5) is 0 Å². The molecule has 1 aromatic rings. The van der Waals surface area contributed by atoms with Crippen LogP contribution in [0.15, 0.2) is 18.2 Å². The number of benzene rings is 1. The highest BCUT2D eigenvalue weighted by Crippen LogP contribution is 2.30. The Bertz CT molecular complexity index is 330. The highest BCUT2D eigenvalue weighted by molar-refractivity contribution is 5.39. The molecule has 0 amide bonds. The van der Waals surface area contributed by atoms with Gasteiger partial charge in [-0.3, -0.25) is 0 Å². The number of ether oxygens (including phenoxy) is 3. The minimum atomic E-state index is -0.228. The first-order valence-corrected chi connectivity index (χ1v) is 5.19. The molecular formula is C12H16O3. The van der Waals surface area contributed by atoms with Crippen LogP contribution in [-0.2, 0) is 9.47 Å². The Morgan fingerprint density at radius 1 is 1.27 bits per heavy atom. The van der Waals surface area contributed by atoms with Crippen LogP contribution in [0, 0.1) is 6.92 Å². The predicted molar refractivity (Wildman–Crippen MR) is 57.0 cm³/mol. The quantitative estimate of drug-likeness (QED) is 0.747. The number of hydrogen-bond acceptors (Lipinski definition) is 3. The van der Waals surface area contributed by atoms with Crippen LogP contribution >= 0.6 is 0 Å². The summed E-state index contributed by atoms with van der Waals surface area (Å²) in [7, 11) is 1.68. The maximum atomic E-state index is 5.57. The van der Waals surface area contributed by atoms with Crippen LogP contribution in [0.1, 0.15) is 23.8 Å². The van der Waals surface area contributed by atoms with Crippen molar-refractivity contribution in [3.05, 3.63) is 29.3 Å². The molecule has 0 unspecified atom stereocenters. The van der Waals surface area contributed by atoms with Gasteiger partial charge < -0.3 is 14.2 Å². The fourth-order valence-corrected chi connectivity index (χ4v) is 1.78. The number of hydrogen-bond donors (Lipinski definition) is 0. The van der Waals surface area contributed by atoms with Crippen molar-refractivity contribution >= 4 is 0 Å². The molecule has 0 aromatic heterocycles. The van der Waals surface area contributed by atoms with Crippen molar-refractivity contribution in [2.24, 2.45) is 0 Å². The van der Waals surface area contributed by atoms with Gasteiger partial charge in [-0.2, -0.15) is 0 Å². The summed E-state index contributed by atoms with van der Waals surface area (Å²) in [6.07, 6.45) is 0.744. The van der Waals surface area contributed by atoms with Crippen molar-refractivity contribution in [1.29, 1.82) is 0 Å². The first-order valence-electron chi connectivity index (χ1n) is 5.19. The number of rotatable bonds is 2. The van der Waals surface area contributed by atoms with Gasteiger partial charge in [-0.1, -0.05) is 12.1 Å². The van der Waals surface area contributed by atoms with Crippen molar-refractivity contribution < 1.29 is 14.2 Å². The Kier molecular flexibility index (Phi) is 3.23. The third-order valence-corrected chi connectivity index (χ3v) is 2.63. The zero-order valence-electron chi connectivity index (χ0n) is 9.16. The summed E-state index contributed by atoms with van der Waals surface area (Å²) in [5.74, 6) is 0.880. The molecule has 0 aliphatic carbocycles. The van der Waals surface area contributed by atoms with Gasteiger partial charge in [0.05, 0.1) is 20.3 Å². The Morgan fingerprint density at radius 3 is 2.67 bits per heavy atom. The van der Waals surface area contributed by atoms with Crippen LogP contribution in [0.5, 0.6) is 5.75 Å². The summed E-state index contributed by atoms with van der Waals surface area (Å²) in [4.78, 5) is 0. The number of methoxy groups -OCH3 is 1. The van der Waals surface area contributed by atoms with Crippen molar-refractivity contribution in [2.45, 2.75) is 19.6 Å². The molecule has 0 atom stereocenters. The Balaban J connectivity index is 2.26. The summed E-state index contributed by atoms with van der Waals surface area (Å²) in [6, 6.07) is 5.93. The van der Waals surface area contributed by atoms with E-state index in [9.17, 15) is 0 Å². The van der Waals surface area contributed by atoms with Gasteiger partial charge in [-0.25, -0.2) is 0 Å². The molecule has 0 N–H and O–H groups in total. The third-order valence-electron chi connectivity index (χ3n) is 2.63. The van der Waals surface area contributed by atoms with Crippen LogP contribution in [-0.4, -0.2) is 20.3 Å². The second kappa shape index (κ2) is 4.64. The average Bonchev–Trinajstić information content (AvgIpc) is 2.30. The monoisotopic (exact) mass is 208 g/mol. The van der Waals surface area contributed by atoms with Gasteiger partial charge in [-0.15, -0.1) is 0 Å². The molecule has 3 nitrogen and oxygen atoms in total. The van der Waals surface area contributed by atoms with Gasteiger partial charge in [0.15, 0.2) is 6.29 Å². The van der Waals surface area contributed by atoms with E-state index < -0.39 is 0 Å². The highest BCUT2D eigenvalue weighted by Gasteiger charge is 2.19. The molecule has 0 bridgehead atoms. The molecular weight excluding hydrogens is 192 g/mol. The van der Waals surface area contributed by atoms with Gasteiger partial charge in [0.25, 0.3) is 0 Å². The van der Waals surface area contributed by atoms with Crippen molar-refractivity contribution in [2.75, 3.05) is 20.3 Å². The maximum Gasteiger partial charge on any atom is 0.184 e. The summed E-state index contributed by atoms with van der Waals surface area (Å²) in [6.45, 7) is 3.55. The summed E-state index contributed by atoms with van der Waals surface area (Å²) in [5.41, 5.74) is 2.15. The van der Waals surface area contributed by atoms with E-state index in [1.54, 1.807) is 7.11 Å². The molecule has 0 spiro atoms. The topological polar surface area (TPSA) is 27.7 Å². The maximum absolute atomic E-state index is 5.57. The Morgan fingerprint density at radius 2 is 2.00 bits per heavy atom. The third kappa shape index (κ3) is 2.13. The highest BCUT2D eigenvalue weighted by atomic mass is 16.7. The standard InChI is InChI=1S/C12H16O3/c1-9-10(5-3-6-11(9)13-2)12-14-7-4-8-15-12/h3,5-6,12H,4,7-8H2,1-2H3. The molecule has 2 rings (SSSR count). The van der Waals surface area contributed by atoms with Gasteiger partial charge in [0, 0.05) is 5.56 Å².